The average Bonchev–Trinajstić information content (AvgIpc) is 2.76. The SMILES string of the molecule is CCOP(=O)(CC[C@@H](O)[C@H](COCc1ccccc1)OCc1ccccc1)OCC. The fourth-order valence-electron chi connectivity index (χ4n) is 2.95. The smallest absolute Gasteiger partial charge is 0.330 e. The van der Waals surface area contributed by atoms with Gasteiger partial charge in [-0.25, -0.2) is 0 Å². The lowest BCUT2D eigenvalue weighted by atomic mass is 10.1. The maximum Gasteiger partial charge on any atom is 0.330 e. The zero-order chi connectivity index (χ0) is 21.7. The van der Waals surface area contributed by atoms with Crippen LogP contribution in [0, 0.1) is 0 Å². The van der Waals surface area contributed by atoms with Crippen LogP contribution < -0.4 is 0 Å². The maximum atomic E-state index is 12.7. The van der Waals surface area contributed by atoms with Gasteiger partial charge in [0, 0.05) is 0 Å². The Labute approximate surface area is 179 Å². The summed E-state index contributed by atoms with van der Waals surface area (Å²) in [6, 6.07) is 19.6. The highest BCUT2D eigenvalue weighted by atomic mass is 31.2. The average molecular weight is 436 g/mol. The van der Waals surface area contributed by atoms with Crippen LogP contribution >= 0.6 is 7.60 Å². The Morgan fingerprint density at radius 2 is 1.40 bits per heavy atom. The number of benzene rings is 2. The molecule has 1 N–H and O–H groups in total. The molecule has 7 heteroatoms. The van der Waals surface area contributed by atoms with Gasteiger partial charge in [0.2, 0.25) is 0 Å². The molecule has 0 saturated carbocycles. The lowest BCUT2D eigenvalue weighted by Crippen LogP contribution is -2.34. The summed E-state index contributed by atoms with van der Waals surface area (Å²) in [4.78, 5) is 0. The molecule has 2 aromatic carbocycles. The molecule has 166 valence electrons. The highest BCUT2D eigenvalue weighted by Crippen LogP contribution is 2.48. The predicted molar refractivity (Wildman–Crippen MR) is 117 cm³/mol. The van der Waals surface area contributed by atoms with Crippen LogP contribution in [0.2, 0.25) is 0 Å². The van der Waals surface area contributed by atoms with Crippen LogP contribution in [-0.2, 0) is 36.3 Å². The molecule has 0 fully saturated rings. The van der Waals surface area contributed by atoms with Gasteiger partial charge in [-0.1, -0.05) is 60.7 Å². The molecule has 0 aromatic heterocycles. The molecule has 0 amide bonds. The largest absolute Gasteiger partial charge is 0.390 e. The first-order valence-corrected chi connectivity index (χ1v) is 12.1. The van der Waals surface area contributed by atoms with E-state index in [0.29, 0.717) is 26.4 Å². The molecule has 0 heterocycles. The van der Waals surface area contributed by atoms with Crippen LogP contribution in [0.4, 0.5) is 0 Å². The second kappa shape index (κ2) is 13.7. The first-order chi connectivity index (χ1) is 14.6. The topological polar surface area (TPSA) is 74.2 Å². The lowest BCUT2D eigenvalue weighted by Gasteiger charge is -2.25. The number of hydrogen-bond donors (Lipinski definition) is 1. The van der Waals surface area contributed by atoms with Crippen LogP contribution in [0.5, 0.6) is 0 Å². The van der Waals surface area contributed by atoms with E-state index in [1.807, 2.05) is 60.7 Å². The molecule has 2 rings (SSSR count). The van der Waals surface area contributed by atoms with Gasteiger partial charge in [0.05, 0.1) is 45.3 Å². The molecule has 2 aromatic rings. The van der Waals surface area contributed by atoms with Crippen molar-refractivity contribution < 1.29 is 28.2 Å². The number of rotatable bonds is 15. The third-order valence-electron chi connectivity index (χ3n) is 4.48. The van der Waals surface area contributed by atoms with Gasteiger partial charge in [-0.15, -0.1) is 0 Å². The summed E-state index contributed by atoms with van der Waals surface area (Å²) >= 11 is 0. The molecule has 30 heavy (non-hydrogen) atoms. The van der Waals surface area contributed by atoms with Crippen molar-refractivity contribution in [2.45, 2.75) is 45.7 Å². The van der Waals surface area contributed by atoms with Gasteiger partial charge in [-0.2, -0.15) is 0 Å². The van der Waals surface area contributed by atoms with Gasteiger partial charge >= 0.3 is 7.60 Å². The molecular weight excluding hydrogens is 403 g/mol. The van der Waals surface area contributed by atoms with Crippen LogP contribution in [0.25, 0.3) is 0 Å². The third-order valence-corrected chi connectivity index (χ3v) is 6.59. The summed E-state index contributed by atoms with van der Waals surface area (Å²) in [5, 5.41) is 10.7. The first-order valence-electron chi connectivity index (χ1n) is 10.4. The molecule has 0 aliphatic carbocycles. The zero-order valence-electron chi connectivity index (χ0n) is 17.8. The van der Waals surface area contributed by atoms with E-state index in [0.717, 1.165) is 11.1 Å². The van der Waals surface area contributed by atoms with E-state index in [1.54, 1.807) is 13.8 Å². The molecule has 0 spiro atoms. The Hall–Kier alpha value is -1.53. The summed E-state index contributed by atoms with van der Waals surface area (Å²) in [6.45, 7) is 5.12. The fraction of sp³-hybridized carbons (Fsp3) is 0.478. The number of hydrogen-bond acceptors (Lipinski definition) is 6. The quantitative estimate of drug-likeness (QED) is 0.404. The number of aliphatic hydroxyl groups is 1. The lowest BCUT2D eigenvalue weighted by molar-refractivity contribution is -0.0898. The second-order valence-electron chi connectivity index (χ2n) is 6.86. The highest BCUT2D eigenvalue weighted by molar-refractivity contribution is 7.53. The maximum absolute atomic E-state index is 12.7. The van der Waals surface area contributed by atoms with Crippen molar-refractivity contribution >= 4 is 7.60 Å². The van der Waals surface area contributed by atoms with Crippen LogP contribution in [-0.4, -0.2) is 43.3 Å². The van der Waals surface area contributed by atoms with E-state index in [9.17, 15) is 9.67 Å². The predicted octanol–water partition coefficient (Wildman–Crippen LogP) is 4.81. The van der Waals surface area contributed by atoms with E-state index in [4.69, 9.17) is 18.5 Å². The summed E-state index contributed by atoms with van der Waals surface area (Å²) in [5.41, 5.74) is 2.05. The molecule has 0 unspecified atom stereocenters. The van der Waals surface area contributed by atoms with Gasteiger partial charge in [0.1, 0.15) is 6.10 Å². The molecule has 0 saturated heterocycles. The molecule has 0 bridgehead atoms. The van der Waals surface area contributed by atoms with Crippen LogP contribution in [0.15, 0.2) is 60.7 Å². The molecular formula is C23H33O6P. The summed E-state index contributed by atoms with van der Waals surface area (Å²) in [7, 11) is -3.22. The van der Waals surface area contributed by atoms with E-state index in [1.165, 1.54) is 0 Å². The van der Waals surface area contributed by atoms with Crippen molar-refractivity contribution in [3.05, 3.63) is 71.8 Å². The monoisotopic (exact) mass is 436 g/mol. The van der Waals surface area contributed by atoms with Crippen molar-refractivity contribution in [3.8, 4) is 0 Å². The van der Waals surface area contributed by atoms with E-state index in [2.05, 4.69) is 0 Å². The minimum Gasteiger partial charge on any atom is -0.390 e. The number of aliphatic hydroxyl groups excluding tert-OH is 1. The van der Waals surface area contributed by atoms with Crippen LogP contribution in [0.1, 0.15) is 31.4 Å². The summed E-state index contributed by atoms with van der Waals surface area (Å²) in [6.07, 6.45) is -1.07. The van der Waals surface area contributed by atoms with Crippen molar-refractivity contribution in [2.24, 2.45) is 0 Å². The molecule has 0 radical (unpaired) electrons. The molecule has 0 aliphatic heterocycles. The van der Waals surface area contributed by atoms with Gasteiger partial charge in [-0.05, 0) is 31.4 Å². The Kier molecular flexibility index (Phi) is 11.3. The molecule has 2 atom stereocenters. The third kappa shape index (κ3) is 9.09. The highest BCUT2D eigenvalue weighted by Gasteiger charge is 2.28. The van der Waals surface area contributed by atoms with Crippen molar-refractivity contribution in [3.63, 3.8) is 0 Å². The summed E-state index contributed by atoms with van der Waals surface area (Å²) < 4.78 is 35.1. The Morgan fingerprint density at radius 3 is 1.93 bits per heavy atom. The van der Waals surface area contributed by atoms with Gasteiger partial charge in [0.15, 0.2) is 0 Å². The van der Waals surface area contributed by atoms with Crippen molar-refractivity contribution in [1.29, 1.82) is 0 Å². The summed E-state index contributed by atoms with van der Waals surface area (Å²) in [5.74, 6) is 0. The van der Waals surface area contributed by atoms with E-state index in [-0.39, 0.29) is 19.2 Å². The normalized spacial score (nSPS) is 13.8. The van der Waals surface area contributed by atoms with Crippen molar-refractivity contribution in [2.75, 3.05) is 26.0 Å². The second-order valence-corrected chi connectivity index (χ2v) is 9.05. The standard InChI is InChI=1S/C23H33O6P/c1-3-28-30(25,29-4-2)16-15-22(24)23(27-18-21-13-9-6-10-14-21)19-26-17-20-11-7-5-8-12-20/h5-14,22-24H,3-4,15-19H2,1-2H3/t22-,23+/m1/s1. The van der Waals surface area contributed by atoms with Gasteiger partial charge in [0.25, 0.3) is 0 Å². The van der Waals surface area contributed by atoms with Crippen molar-refractivity contribution in [1.82, 2.24) is 0 Å². The Balaban J connectivity index is 1.94. The van der Waals surface area contributed by atoms with Gasteiger partial charge in [-0.3, -0.25) is 4.57 Å². The zero-order valence-corrected chi connectivity index (χ0v) is 18.7. The fourth-order valence-corrected chi connectivity index (χ4v) is 4.65. The van der Waals surface area contributed by atoms with E-state index >= 15 is 0 Å². The number of ether oxygens (including phenoxy) is 2. The Morgan fingerprint density at radius 1 is 0.867 bits per heavy atom. The first kappa shape index (κ1) is 24.7. The molecule has 6 nitrogen and oxygen atoms in total. The minimum atomic E-state index is -3.22. The Bertz CT molecular complexity index is 730. The van der Waals surface area contributed by atoms with Gasteiger partial charge < -0.3 is 23.6 Å². The van der Waals surface area contributed by atoms with Crippen LogP contribution in [0.3, 0.4) is 0 Å². The minimum absolute atomic E-state index is 0.125. The van der Waals surface area contributed by atoms with E-state index < -0.39 is 19.8 Å². The molecule has 0 aliphatic rings.